The summed E-state index contributed by atoms with van der Waals surface area (Å²) < 4.78 is 0. The molecule has 0 atom stereocenters. The third-order valence-electron chi connectivity index (χ3n) is 5.71. The summed E-state index contributed by atoms with van der Waals surface area (Å²) in [6, 6.07) is 9.37. The molecule has 0 aliphatic carbocycles. The molecule has 5 heteroatoms. The largest absolute Gasteiger partial charge is 0.325 e. The molecule has 2 heterocycles. The van der Waals surface area contributed by atoms with E-state index in [4.69, 9.17) is 0 Å². The molecule has 0 saturated carbocycles. The van der Waals surface area contributed by atoms with Crippen LogP contribution in [0.5, 0.6) is 0 Å². The molecule has 0 radical (unpaired) electrons. The number of carbonyl (C=O) groups excluding carboxylic acids is 2. The van der Waals surface area contributed by atoms with Crippen LogP contribution in [0.3, 0.4) is 0 Å². The molecule has 1 N–H and O–H groups in total. The lowest BCUT2D eigenvalue weighted by atomic mass is 9.69. The van der Waals surface area contributed by atoms with E-state index in [9.17, 15) is 9.59 Å². The number of piperidine rings is 1. The molecule has 2 aliphatic heterocycles. The summed E-state index contributed by atoms with van der Waals surface area (Å²) in [6.45, 7) is 8.86. The zero-order chi connectivity index (χ0) is 17.8. The van der Waals surface area contributed by atoms with E-state index in [1.54, 1.807) is 0 Å². The van der Waals surface area contributed by atoms with Crippen LogP contribution in [0.25, 0.3) is 0 Å². The van der Waals surface area contributed by atoms with Gasteiger partial charge in [0.2, 0.25) is 0 Å². The number of benzene rings is 1. The Morgan fingerprint density at radius 2 is 1.54 bits per heavy atom. The van der Waals surface area contributed by atoms with Gasteiger partial charge >= 0.3 is 6.03 Å². The van der Waals surface area contributed by atoms with Gasteiger partial charge in [-0.2, -0.15) is 0 Å². The van der Waals surface area contributed by atoms with E-state index in [1.807, 2.05) is 30.3 Å². The second kappa shape index (κ2) is 5.31. The van der Waals surface area contributed by atoms with Gasteiger partial charge in [-0.05, 0) is 53.1 Å². The average Bonchev–Trinajstić information content (AvgIpc) is 2.69. The Balaban J connectivity index is 1.90. The molecule has 0 bridgehead atoms. The summed E-state index contributed by atoms with van der Waals surface area (Å²) in [4.78, 5) is 29.4. The first-order valence-corrected chi connectivity index (χ1v) is 8.49. The summed E-state index contributed by atoms with van der Waals surface area (Å²) in [6.07, 6.45) is 1.24. The zero-order valence-corrected chi connectivity index (χ0v) is 15.2. The SMILES string of the molecule is CN1C(C)(C)CC2(CC1(C)C)NC(=O)N(Cc1ccccc1)C2=O. The third kappa shape index (κ3) is 2.61. The van der Waals surface area contributed by atoms with Crippen molar-refractivity contribution in [2.45, 2.75) is 63.7 Å². The van der Waals surface area contributed by atoms with Crippen molar-refractivity contribution in [1.29, 1.82) is 0 Å². The van der Waals surface area contributed by atoms with Gasteiger partial charge in [0.15, 0.2) is 0 Å². The highest BCUT2D eigenvalue weighted by molar-refractivity contribution is 6.07. The summed E-state index contributed by atoms with van der Waals surface area (Å²) in [5, 5.41) is 3.03. The third-order valence-corrected chi connectivity index (χ3v) is 5.71. The standard InChI is InChI=1S/C19H27N3O2/c1-17(2)12-19(13-18(3,4)21(17)5)15(23)22(16(24)20-19)11-14-9-7-6-8-10-14/h6-10H,11-13H2,1-5H3,(H,20,24). The van der Waals surface area contributed by atoms with Gasteiger partial charge in [0.25, 0.3) is 5.91 Å². The Hall–Kier alpha value is -1.88. The average molecular weight is 329 g/mol. The van der Waals surface area contributed by atoms with E-state index >= 15 is 0 Å². The van der Waals surface area contributed by atoms with E-state index in [0.29, 0.717) is 19.4 Å². The maximum Gasteiger partial charge on any atom is 0.325 e. The number of urea groups is 1. The fourth-order valence-electron chi connectivity index (χ4n) is 4.42. The first-order chi connectivity index (χ1) is 11.1. The minimum absolute atomic E-state index is 0.0920. The fraction of sp³-hybridized carbons (Fsp3) is 0.579. The monoisotopic (exact) mass is 329 g/mol. The second-order valence-corrected chi connectivity index (χ2v) is 8.43. The molecule has 1 spiro atoms. The van der Waals surface area contributed by atoms with Crippen molar-refractivity contribution < 1.29 is 9.59 Å². The Morgan fingerprint density at radius 3 is 2.08 bits per heavy atom. The second-order valence-electron chi connectivity index (χ2n) is 8.43. The van der Waals surface area contributed by atoms with Crippen molar-refractivity contribution in [1.82, 2.24) is 15.1 Å². The Morgan fingerprint density at radius 1 is 1.00 bits per heavy atom. The Kier molecular flexibility index (Phi) is 3.75. The van der Waals surface area contributed by atoms with Crippen molar-refractivity contribution in [3.05, 3.63) is 35.9 Å². The number of hydrogen-bond acceptors (Lipinski definition) is 3. The van der Waals surface area contributed by atoms with E-state index in [1.165, 1.54) is 4.90 Å². The highest BCUT2D eigenvalue weighted by Crippen LogP contribution is 2.45. The molecule has 1 aromatic carbocycles. The summed E-state index contributed by atoms with van der Waals surface area (Å²) in [5.74, 6) is -0.0920. The number of likely N-dealkylation sites (tertiary alicyclic amines) is 1. The van der Waals surface area contributed by atoms with Crippen molar-refractivity contribution in [3.63, 3.8) is 0 Å². The molecule has 130 valence electrons. The number of amides is 3. The van der Waals surface area contributed by atoms with Crippen molar-refractivity contribution in [2.24, 2.45) is 0 Å². The number of imide groups is 1. The normalized spacial score (nSPS) is 25.1. The maximum absolute atomic E-state index is 13.2. The number of nitrogens with zero attached hydrogens (tertiary/aromatic N) is 2. The van der Waals surface area contributed by atoms with Crippen LogP contribution < -0.4 is 5.32 Å². The number of hydrogen-bond donors (Lipinski definition) is 1. The van der Waals surface area contributed by atoms with Gasteiger partial charge in [-0.25, -0.2) is 4.79 Å². The highest BCUT2D eigenvalue weighted by Gasteiger charge is 2.60. The van der Waals surface area contributed by atoms with Crippen molar-refractivity contribution in [3.8, 4) is 0 Å². The molecule has 1 aromatic rings. The van der Waals surface area contributed by atoms with Crippen LogP contribution in [0.2, 0.25) is 0 Å². The first-order valence-electron chi connectivity index (χ1n) is 8.49. The number of nitrogens with one attached hydrogen (secondary N) is 1. The van der Waals surface area contributed by atoms with Gasteiger partial charge in [-0.1, -0.05) is 30.3 Å². The maximum atomic E-state index is 13.2. The molecule has 3 rings (SSSR count). The summed E-state index contributed by atoms with van der Waals surface area (Å²) >= 11 is 0. The quantitative estimate of drug-likeness (QED) is 0.849. The van der Waals surface area contributed by atoms with Crippen LogP contribution in [-0.4, -0.2) is 45.4 Å². The summed E-state index contributed by atoms with van der Waals surface area (Å²) in [7, 11) is 2.09. The van der Waals surface area contributed by atoms with Crippen molar-refractivity contribution in [2.75, 3.05) is 7.05 Å². The van der Waals surface area contributed by atoms with Crippen LogP contribution in [0.4, 0.5) is 4.79 Å². The highest BCUT2D eigenvalue weighted by atomic mass is 16.2. The molecule has 2 saturated heterocycles. The topological polar surface area (TPSA) is 52.7 Å². The molecule has 2 aliphatic rings. The van der Waals surface area contributed by atoms with Gasteiger partial charge in [-0.15, -0.1) is 0 Å². The van der Waals surface area contributed by atoms with Crippen LogP contribution >= 0.6 is 0 Å². The predicted octanol–water partition coefficient (Wildman–Crippen LogP) is 2.76. The Bertz CT molecular complexity index is 648. The van der Waals surface area contributed by atoms with Gasteiger partial charge in [0.05, 0.1) is 6.54 Å². The lowest BCUT2D eigenvalue weighted by Crippen LogP contribution is -2.68. The summed E-state index contributed by atoms with van der Waals surface area (Å²) in [5.41, 5.74) is -0.184. The van der Waals surface area contributed by atoms with Gasteiger partial charge in [0, 0.05) is 11.1 Å². The van der Waals surface area contributed by atoms with Gasteiger partial charge in [0.1, 0.15) is 5.54 Å². The smallest absolute Gasteiger partial charge is 0.323 e. The van der Waals surface area contributed by atoms with Gasteiger partial charge < -0.3 is 5.32 Å². The molecule has 5 nitrogen and oxygen atoms in total. The molecular weight excluding hydrogens is 302 g/mol. The predicted molar refractivity (Wildman–Crippen MR) is 93.4 cm³/mol. The molecule has 24 heavy (non-hydrogen) atoms. The van der Waals surface area contributed by atoms with Gasteiger partial charge in [-0.3, -0.25) is 14.6 Å². The molecule has 0 aromatic heterocycles. The molecule has 3 amide bonds. The molecule has 2 fully saturated rings. The fourth-order valence-corrected chi connectivity index (χ4v) is 4.42. The van der Waals surface area contributed by atoms with E-state index < -0.39 is 5.54 Å². The van der Waals surface area contributed by atoms with Crippen molar-refractivity contribution >= 4 is 11.9 Å². The Labute approximate surface area is 144 Å². The van der Waals surface area contributed by atoms with Crippen LogP contribution in [0.15, 0.2) is 30.3 Å². The van der Waals surface area contributed by atoms with Crippen LogP contribution in [-0.2, 0) is 11.3 Å². The molecule has 0 unspecified atom stereocenters. The van der Waals surface area contributed by atoms with E-state index in [-0.39, 0.29) is 23.0 Å². The lowest BCUT2D eigenvalue weighted by molar-refractivity contribution is -0.139. The minimum atomic E-state index is -0.800. The van der Waals surface area contributed by atoms with E-state index in [2.05, 4.69) is 45.0 Å². The van der Waals surface area contributed by atoms with Crippen LogP contribution in [0.1, 0.15) is 46.1 Å². The first kappa shape index (κ1) is 17.0. The zero-order valence-electron chi connectivity index (χ0n) is 15.2. The minimum Gasteiger partial charge on any atom is -0.323 e. The molecular formula is C19H27N3O2. The van der Waals surface area contributed by atoms with Crippen LogP contribution in [0, 0.1) is 0 Å². The lowest BCUT2D eigenvalue weighted by Gasteiger charge is -2.56. The number of carbonyl (C=O) groups is 2. The van der Waals surface area contributed by atoms with E-state index in [0.717, 1.165) is 5.56 Å². The number of rotatable bonds is 2.